The lowest BCUT2D eigenvalue weighted by Crippen LogP contribution is -2.50. The van der Waals surface area contributed by atoms with Crippen molar-refractivity contribution < 1.29 is 13.2 Å². The van der Waals surface area contributed by atoms with Crippen LogP contribution in [0.1, 0.15) is 47.3 Å². The Morgan fingerprint density at radius 3 is 2.47 bits per heavy atom. The highest BCUT2D eigenvalue weighted by atomic mass is 35.5. The number of amides is 1. The van der Waals surface area contributed by atoms with Gasteiger partial charge in [-0.05, 0) is 56.2 Å². The molecular weight excluding hydrogens is 540 g/mol. The van der Waals surface area contributed by atoms with Gasteiger partial charge < -0.3 is 4.90 Å². The van der Waals surface area contributed by atoms with E-state index in [1.807, 2.05) is 41.3 Å². The first-order valence-corrected chi connectivity index (χ1v) is 15.8. The summed E-state index contributed by atoms with van der Waals surface area (Å²) in [6, 6.07) is 16.9. The van der Waals surface area contributed by atoms with Crippen LogP contribution in [0.4, 0.5) is 0 Å². The Kier molecular flexibility index (Phi) is 7.73. The SMILES string of the molecule is CC(C)N1CCN(C(=O)c2cc(C3CC=C(c4cccc(S(C)(=O)=O)c4)S3)n(-c3ccccc3Cl)n2)CC1. The number of thioether (sulfide) groups is 1. The van der Waals surface area contributed by atoms with E-state index in [1.54, 1.807) is 34.6 Å². The Balaban J connectivity index is 1.44. The number of hydrogen-bond acceptors (Lipinski definition) is 6. The average molecular weight is 571 g/mol. The van der Waals surface area contributed by atoms with E-state index in [2.05, 4.69) is 24.8 Å². The van der Waals surface area contributed by atoms with Gasteiger partial charge in [-0.25, -0.2) is 13.1 Å². The summed E-state index contributed by atoms with van der Waals surface area (Å²) >= 11 is 8.21. The van der Waals surface area contributed by atoms with Crippen LogP contribution in [0.2, 0.25) is 5.02 Å². The summed E-state index contributed by atoms with van der Waals surface area (Å²) in [5, 5.41) is 5.32. The smallest absolute Gasteiger partial charge is 0.274 e. The molecule has 2 aliphatic rings. The Labute approximate surface area is 233 Å². The molecule has 0 bridgehead atoms. The van der Waals surface area contributed by atoms with Crippen LogP contribution < -0.4 is 0 Å². The number of hydrogen-bond donors (Lipinski definition) is 0. The maximum Gasteiger partial charge on any atom is 0.274 e. The van der Waals surface area contributed by atoms with Crippen molar-refractivity contribution in [3.05, 3.63) is 82.6 Å². The molecule has 0 spiro atoms. The highest BCUT2D eigenvalue weighted by molar-refractivity contribution is 8.08. The molecule has 2 aliphatic heterocycles. The molecule has 3 aromatic rings. The molecule has 5 rings (SSSR count). The molecule has 10 heteroatoms. The molecule has 200 valence electrons. The summed E-state index contributed by atoms with van der Waals surface area (Å²) < 4.78 is 26.0. The Morgan fingerprint density at radius 2 is 1.79 bits per heavy atom. The number of halogens is 1. The standard InChI is InChI=1S/C28H31ClN4O3S2/c1-19(2)31-13-15-32(16-14-31)28(34)23-18-25(33(30-23)24-10-5-4-9-22(24)29)27-12-11-26(37-27)20-7-6-8-21(17-20)38(3,35)36/h4-11,17-19,27H,12-16H2,1-3H3. The molecule has 0 N–H and O–H groups in total. The summed E-state index contributed by atoms with van der Waals surface area (Å²) in [5.74, 6) is -0.0718. The summed E-state index contributed by atoms with van der Waals surface area (Å²) in [6.45, 7) is 7.39. The van der Waals surface area contributed by atoms with Crippen LogP contribution in [0.3, 0.4) is 0 Å². The number of carbonyl (C=O) groups excluding carboxylic acids is 1. The van der Waals surface area contributed by atoms with Crippen LogP contribution in [0.25, 0.3) is 10.6 Å². The third kappa shape index (κ3) is 5.57. The first-order valence-electron chi connectivity index (χ1n) is 12.7. The van der Waals surface area contributed by atoms with E-state index in [0.29, 0.717) is 34.7 Å². The fourth-order valence-electron chi connectivity index (χ4n) is 4.86. The molecule has 7 nitrogen and oxygen atoms in total. The van der Waals surface area contributed by atoms with Crippen molar-refractivity contribution in [3.8, 4) is 5.69 Å². The first-order chi connectivity index (χ1) is 18.1. The van der Waals surface area contributed by atoms with Crippen molar-refractivity contribution in [1.29, 1.82) is 0 Å². The minimum absolute atomic E-state index is 0.00463. The first kappa shape index (κ1) is 27.0. The molecular formula is C28H31ClN4O3S2. The predicted octanol–water partition coefficient (Wildman–Crippen LogP) is 5.31. The van der Waals surface area contributed by atoms with E-state index in [4.69, 9.17) is 16.7 Å². The van der Waals surface area contributed by atoms with Crippen molar-refractivity contribution in [2.75, 3.05) is 32.4 Å². The second-order valence-corrected chi connectivity index (χ2v) is 13.6. The van der Waals surface area contributed by atoms with Gasteiger partial charge in [0.25, 0.3) is 5.91 Å². The van der Waals surface area contributed by atoms with Crippen LogP contribution >= 0.6 is 23.4 Å². The number of benzene rings is 2. The lowest BCUT2D eigenvalue weighted by molar-refractivity contribution is 0.0589. The number of sulfone groups is 1. The normalized spacial score (nSPS) is 18.7. The summed E-state index contributed by atoms with van der Waals surface area (Å²) in [5.41, 5.74) is 2.88. The maximum atomic E-state index is 13.5. The van der Waals surface area contributed by atoms with Crippen molar-refractivity contribution in [2.24, 2.45) is 0 Å². The summed E-state index contributed by atoms with van der Waals surface area (Å²) in [6.07, 6.45) is 4.06. The largest absolute Gasteiger partial charge is 0.335 e. The number of piperazine rings is 1. The van der Waals surface area contributed by atoms with E-state index in [-0.39, 0.29) is 11.2 Å². The molecule has 1 saturated heterocycles. The van der Waals surface area contributed by atoms with Crippen LogP contribution in [0.5, 0.6) is 0 Å². The molecule has 1 atom stereocenters. The van der Waals surface area contributed by atoms with Gasteiger partial charge in [-0.3, -0.25) is 9.69 Å². The highest BCUT2D eigenvalue weighted by Gasteiger charge is 2.30. The van der Waals surface area contributed by atoms with Gasteiger partial charge in [0.15, 0.2) is 15.5 Å². The molecule has 3 heterocycles. The van der Waals surface area contributed by atoms with Gasteiger partial charge in [-0.2, -0.15) is 5.10 Å². The second kappa shape index (κ2) is 10.9. The number of allylic oxidation sites excluding steroid dienone is 1. The molecule has 0 aliphatic carbocycles. The molecule has 1 fully saturated rings. The Hall–Kier alpha value is -2.59. The monoisotopic (exact) mass is 570 g/mol. The van der Waals surface area contributed by atoms with Gasteiger partial charge >= 0.3 is 0 Å². The fourth-order valence-corrected chi connectivity index (χ4v) is 6.99. The summed E-state index contributed by atoms with van der Waals surface area (Å²) in [7, 11) is -3.30. The number of rotatable bonds is 6. The van der Waals surface area contributed by atoms with Gasteiger partial charge in [0, 0.05) is 43.4 Å². The van der Waals surface area contributed by atoms with Crippen molar-refractivity contribution in [3.63, 3.8) is 0 Å². The summed E-state index contributed by atoms with van der Waals surface area (Å²) in [4.78, 5) is 19.1. The van der Waals surface area contributed by atoms with Gasteiger partial charge in [-0.1, -0.05) is 41.9 Å². The molecule has 0 saturated carbocycles. The predicted molar refractivity (Wildman–Crippen MR) is 154 cm³/mol. The quantitative estimate of drug-likeness (QED) is 0.399. The number of aromatic nitrogens is 2. The minimum atomic E-state index is -3.30. The van der Waals surface area contributed by atoms with Gasteiger partial charge in [0.2, 0.25) is 0 Å². The van der Waals surface area contributed by atoms with Crippen molar-refractivity contribution in [1.82, 2.24) is 19.6 Å². The van der Waals surface area contributed by atoms with Crippen molar-refractivity contribution in [2.45, 2.75) is 36.5 Å². The minimum Gasteiger partial charge on any atom is -0.335 e. The number of para-hydroxylation sites is 1. The Morgan fingerprint density at radius 1 is 1.05 bits per heavy atom. The van der Waals surface area contributed by atoms with E-state index >= 15 is 0 Å². The lowest BCUT2D eigenvalue weighted by Gasteiger charge is -2.36. The van der Waals surface area contributed by atoms with E-state index < -0.39 is 9.84 Å². The van der Waals surface area contributed by atoms with Gasteiger partial charge in [-0.15, -0.1) is 11.8 Å². The third-order valence-corrected chi connectivity index (χ3v) is 9.84. The van der Waals surface area contributed by atoms with E-state index in [1.165, 1.54) is 6.26 Å². The molecule has 0 radical (unpaired) electrons. The molecule has 38 heavy (non-hydrogen) atoms. The highest BCUT2D eigenvalue weighted by Crippen LogP contribution is 2.49. The second-order valence-electron chi connectivity index (χ2n) is 9.95. The topological polar surface area (TPSA) is 75.5 Å². The maximum absolute atomic E-state index is 13.5. The van der Waals surface area contributed by atoms with Gasteiger partial charge in [0.05, 0.1) is 26.5 Å². The lowest BCUT2D eigenvalue weighted by atomic mass is 10.1. The zero-order valence-electron chi connectivity index (χ0n) is 21.7. The Bertz CT molecular complexity index is 1490. The zero-order valence-corrected chi connectivity index (χ0v) is 24.1. The third-order valence-electron chi connectivity index (χ3n) is 7.03. The fraction of sp³-hybridized carbons (Fsp3) is 0.357. The van der Waals surface area contributed by atoms with Crippen LogP contribution in [-0.2, 0) is 9.84 Å². The molecule has 1 aromatic heterocycles. The van der Waals surface area contributed by atoms with Crippen molar-refractivity contribution >= 4 is 44.0 Å². The average Bonchev–Trinajstić information content (AvgIpc) is 3.56. The molecule has 1 amide bonds. The van der Waals surface area contributed by atoms with E-state index in [0.717, 1.165) is 41.4 Å². The van der Waals surface area contributed by atoms with E-state index in [9.17, 15) is 13.2 Å². The zero-order chi connectivity index (χ0) is 27.0. The van der Waals surface area contributed by atoms with Crippen LogP contribution in [0.15, 0.2) is 65.6 Å². The van der Waals surface area contributed by atoms with Crippen LogP contribution in [-0.4, -0.2) is 72.4 Å². The van der Waals surface area contributed by atoms with Crippen LogP contribution in [0, 0.1) is 0 Å². The molecule has 1 unspecified atom stereocenters. The van der Waals surface area contributed by atoms with Gasteiger partial charge in [0.1, 0.15) is 0 Å². The number of nitrogens with zero attached hydrogens (tertiary/aromatic N) is 4. The number of carbonyl (C=O) groups is 1. The molecule has 2 aromatic carbocycles.